The van der Waals surface area contributed by atoms with Crippen LogP contribution in [0.2, 0.25) is 0 Å². The number of phenols is 2. The zero-order valence-corrected chi connectivity index (χ0v) is 21.0. The summed E-state index contributed by atoms with van der Waals surface area (Å²) in [4.78, 5) is 11.9. The van der Waals surface area contributed by atoms with Gasteiger partial charge < -0.3 is 64.2 Å². The lowest BCUT2D eigenvalue weighted by Crippen LogP contribution is -2.59. The molecule has 1 saturated heterocycles. The summed E-state index contributed by atoms with van der Waals surface area (Å²) in [6.45, 7) is -0.716. The van der Waals surface area contributed by atoms with E-state index in [9.17, 15) is 40.5 Å². The number of carboxylic acid groups (broad SMARTS) is 1. The summed E-state index contributed by atoms with van der Waals surface area (Å²) in [6.07, 6.45) is -8.32. The molecule has 6 atom stereocenters. The number of phenolic OH excluding ortho intramolecular Hbond substituents is 2. The fraction of sp³-hybridized carbons (Fsp3) is 0.346. The molecule has 6 unspecified atom stereocenters. The maximum Gasteiger partial charge on any atom is 0.371 e. The highest BCUT2D eigenvalue weighted by Crippen LogP contribution is 2.53. The van der Waals surface area contributed by atoms with Crippen LogP contribution in [0.25, 0.3) is 5.57 Å². The number of hydrogen-bond acceptors (Lipinski definition) is 13. The molecule has 0 saturated carbocycles. The number of allylic oxidation sites excluding steroid dienone is 2. The molecule has 3 aliphatic heterocycles. The van der Waals surface area contributed by atoms with Gasteiger partial charge in [-0.05, 0) is 12.1 Å². The van der Waals surface area contributed by atoms with Crippen molar-refractivity contribution >= 4 is 11.5 Å². The van der Waals surface area contributed by atoms with Crippen molar-refractivity contribution in [3.63, 3.8) is 0 Å². The molecule has 40 heavy (non-hydrogen) atoms. The molecule has 0 spiro atoms. The van der Waals surface area contributed by atoms with E-state index in [1.54, 1.807) is 0 Å². The Labute approximate surface area is 226 Å². The van der Waals surface area contributed by atoms with E-state index in [0.29, 0.717) is 0 Å². The number of carbonyl (C=O) groups is 1. The van der Waals surface area contributed by atoms with Crippen LogP contribution in [0.1, 0.15) is 17.2 Å². The van der Waals surface area contributed by atoms with E-state index in [4.69, 9.17) is 28.4 Å². The molecule has 0 radical (unpaired) electrons. The Balaban J connectivity index is 1.73. The van der Waals surface area contributed by atoms with Crippen LogP contribution in [0.5, 0.6) is 34.5 Å². The van der Waals surface area contributed by atoms with E-state index >= 15 is 0 Å². The summed E-state index contributed by atoms with van der Waals surface area (Å²) in [5.41, 5.74) is 0.565. The topological polar surface area (TPSA) is 214 Å². The van der Waals surface area contributed by atoms with Gasteiger partial charge in [0.2, 0.25) is 17.8 Å². The molecule has 7 N–H and O–H groups in total. The number of aliphatic hydroxyl groups is 4. The van der Waals surface area contributed by atoms with Crippen molar-refractivity contribution in [1.29, 1.82) is 0 Å². The predicted molar refractivity (Wildman–Crippen MR) is 131 cm³/mol. The zero-order valence-electron chi connectivity index (χ0n) is 21.0. The SMILES string of the molecule is COc1cc(C2Oc3cc(O)cc4c3C(=C2OC2OC(CO)C(O)C(O)C2O)C=C(C(=O)O)O4)cc(OC)c1O. The predicted octanol–water partition coefficient (Wildman–Crippen LogP) is 0.137. The second kappa shape index (κ2) is 10.4. The van der Waals surface area contributed by atoms with Crippen molar-refractivity contribution in [1.82, 2.24) is 0 Å². The Morgan fingerprint density at radius 1 is 0.950 bits per heavy atom. The van der Waals surface area contributed by atoms with Crippen molar-refractivity contribution in [2.24, 2.45) is 0 Å². The number of rotatable bonds is 7. The smallest absolute Gasteiger partial charge is 0.371 e. The summed E-state index contributed by atoms with van der Waals surface area (Å²) < 4.78 is 33.7. The highest BCUT2D eigenvalue weighted by molar-refractivity contribution is 5.95. The molecule has 5 rings (SSSR count). The monoisotopic (exact) mass is 562 g/mol. The Morgan fingerprint density at radius 3 is 2.20 bits per heavy atom. The highest BCUT2D eigenvalue weighted by atomic mass is 16.7. The second-order valence-corrected chi connectivity index (χ2v) is 9.10. The van der Waals surface area contributed by atoms with Crippen molar-refractivity contribution in [2.45, 2.75) is 36.8 Å². The molecule has 0 amide bonds. The van der Waals surface area contributed by atoms with Gasteiger partial charge >= 0.3 is 5.97 Å². The largest absolute Gasteiger partial charge is 0.508 e. The van der Waals surface area contributed by atoms with Crippen molar-refractivity contribution < 1.29 is 69.0 Å². The van der Waals surface area contributed by atoms with Gasteiger partial charge in [-0.15, -0.1) is 0 Å². The minimum Gasteiger partial charge on any atom is -0.508 e. The Bertz CT molecular complexity index is 1370. The molecule has 14 nitrogen and oxygen atoms in total. The number of benzene rings is 2. The molecule has 1 fully saturated rings. The number of methoxy groups -OCH3 is 2. The first-order valence-electron chi connectivity index (χ1n) is 11.9. The van der Waals surface area contributed by atoms with Gasteiger partial charge in [0.1, 0.15) is 41.7 Å². The van der Waals surface area contributed by atoms with Crippen molar-refractivity contribution in [2.75, 3.05) is 20.8 Å². The number of hydrogen-bond donors (Lipinski definition) is 7. The Hall–Kier alpha value is -4.21. The summed E-state index contributed by atoms with van der Waals surface area (Å²) in [5.74, 6) is -2.73. The van der Waals surface area contributed by atoms with Crippen LogP contribution in [0.3, 0.4) is 0 Å². The van der Waals surface area contributed by atoms with E-state index < -0.39 is 55.1 Å². The van der Waals surface area contributed by atoms with E-state index in [-0.39, 0.29) is 57.0 Å². The van der Waals surface area contributed by atoms with Gasteiger partial charge in [-0.1, -0.05) is 0 Å². The van der Waals surface area contributed by atoms with Gasteiger partial charge in [0.15, 0.2) is 23.4 Å². The molecule has 0 aliphatic carbocycles. The van der Waals surface area contributed by atoms with Crippen LogP contribution in [0.4, 0.5) is 0 Å². The standard InChI is InChI=1S/C26H26O14/c1-35-14-3-9(4-15(36-2)19(14)29)23-24(40-26-22(32)21(31)20(30)17(8-27)39-26)11-7-16(25(33)34)37-12-5-10(28)6-13(38-23)18(11)12/h3-7,17,20-23,26-32H,8H2,1-2H3,(H,33,34). The third kappa shape index (κ3) is 4.51. The molecule has 2 aromatic carbocycles. The average Bonchev–Trinajstić information content (AvgIpc) is 2.93. The lowest BCUT2D eigenvalue weighted by Gasteiger charge is -2.41. The number of carboxylic acids is 1. The minimum atomic E-state index is -1.81. The van der Waals surface area contributed by atoms with E-state index in [2.05, 4.69) is 0 Å². The first-order valence-corrected chi connectivity index (χ1v) is 11.9. The maximum atomic E-state index is 11.9. The number of aromatic hydroxyl groups is 2. The number of aliphatic hydroxyl groups excluding tert-OH is 4. The molecule has 3 aliphatic rings. The quantitative estimate of drug-likeness (QED) is 0.239. The van der Waals surface area contributed by atoms with Gasteiger partial charge in [-0.2, -0.15) is 0 Å². The van der Waals surface area contributed by atoms with Crippen molar-refractivity contribution in [3.8, 4) is 34.5 Å². The first kappa shape index (κ1) is 27.4. The first-order chi connectivity index (χ1) is 19.1. The number of aliphatic carboxylic acids is 1. The van der Waals surface area contributed by atoms with Crippen LogP contribution in [-0.2, 0) is 14.3 Å². The summed E-state index contributed by atoms with van der Waals surface area (Å²) in [6, 6.07) is 5.25. The molecular formula is C26H26O14. The zero-order chi connectivity index (χ0) is 28.9. The van der Waals surface area contributed by atoms with Crippen LogP contribution in [0.15, 0.2) is 41.9 Å². The Morgan fingerprint density at radius 2 is 1.60 bits per heavy atom. The highest BCUT2D eigenvalue weighted by Gasteiger charge is 2.47. The van der Waals surface area contributed by atoms with E-state index in [1.165, 1.54) is 38.5 Å². The van der Waals surface area contributed by atoms with Crippen molar-refractivity contribution in [3.05, 3.63) is 53.0 Å². The molecule has 214 valence electrons. The molecule has 0 bridgehead atoms. The van der Waals surface area contributed by atoms with Gasteiger partial charge in [-0.25, -0.2) is 4.79 Å². The molecular weight excluding hydrogens is 536 g/mol. The summed E-state index contributed by atoms with van der Waals surface area (Å²) in [7, 11) is 2.62. The number of ether oxygens (including phenoxy) is 6. The van der Waals surface area contributed by atoms with Gasteiger partial charge in [0.25, 0.3) is 0 Å². The molecule has 14 heteroatoms. The third-order valence-electron chi connectivity index (χ3n) is 6.67. The van der Waals surface area contributed by atoms with E-state index in [0.717, 1.165) is 6.08 Å². The lowest BCUT2D eigenvalue weighted by atomic mass is 9.91. The Kier molecular flexibility index (Phi) is 7.12. The average molecular weight is 562 g/mol. The molecule has 2 aromatic rings. The summed E-state index contributed by atoms with van der Waals surface area (Å²) >= 11 is 0. The maximum absolute atomic E-state index is 11.9. The van der Waals surface area contributed by atoms with Crippen LogP contribution < -0.4 is 18.9 Å². The van der Waals surface area contributed by atoms with Gasteiger partial charge in [0.05, 0.1) is 26.4 Å². The molecule has 3 heterocycles. The second-order valence-electron chi connectivity index (χ2n) is 9.10. The fourth-order valence-electron chi connectivity index (χ4n) is 4.69. The lowest BCUT2D eigenvalue weighted by molar-refractivity contribution is -0.293. The fourth-order valence-corrected chi connectivity index (χ4v) is 4.69. The van der Waals surface area contributed by atoms with Gasteiger partial charge in [-0.3, -0.25) is 0 Å². The third-order valence-corrected chi connectivity index (χ3v) is 6.67. The van der Waals surface area contributed by atoms with Gasteiger partial charge in [0, 0.05) is 29.3 Å². The van der Waals surface area contributed by atoms with Crippen LogP contribution >= 0.6 is 0 Å². The molecule has 0 aromatic heterocycles. The van der Waals surface area contributed by atoms with Crippen LogP contribution in [-0.4, -0.2) is 93.2 Å². The normalized spacial score (nSPS) is 27.1. The van der Waals surface area contributed by atoms with Crippen LogP contribution in [0, 0.1) is 0 Å². The van der Waals surface area contributed by atoms with E-state index in [1.807, 2.05) is 0 Å². The summed E-state index contributed by atoms with van der Waals surface area (Å²) in [5, 5.41) is 71.2. The minimum absolute atomic E-state index is 0.00807.